The van der Waals surface area contributed by atoms with Gasteiger partial charge >= 0.3 is 0 Å². The Bertz CT molecular complexity index is 872. The van der Waals surface area contributed by atoms with Gasteiger partial charge in [-0.05, 0) is 34.0 Å². The summed E-state index contributed by atoms with van der Waals surface area (Å²) in [7, 11) is 0. The van der Waals surface area contributed by atoms with Crippen molar-refractivity contribution in [2.24, 2.45) is 0 Å². The highest BCUT2D eigenvalue weighted by molar-refractivity contribution is 7.12. The van der Waals surface area contributed by atoms with Gasteiger partial charge in [0.1, 0.15) is 17.0 Å². The zero-order valence-electron chi connectivity index (χ0n) is 13.2. The van der Waals surface area contributed by atoms with E-state index in [1.54, 1.807) is 17.0 Å². The van der Waals surface area contributed by atoms with E-state index in [1.807, 2.05) is 22.4 Å². The first-order valence-corrected chi connectivity index (χ1v) is 8.71. The fraction of sp³-hybridized carbons (Fsp3) is 0.250. The highest BCUT2D eigenvalue weighted by Crippen LogP contribution is 2.24. The Morgan fingerprint density at radius 1 is 1.08 bits per heavy atom. The maximum Gasteiger partial charge on any atom is 0.266 e. The van der Waals surface area contributed by atoms with E-state index in [0.717, 1.165) is 0 Å². The zero-order chi connectivity index (χ0) is 17.2. The number of anilines is 1. The Labute approximate surface area is 147 Å². The number of hydrogen-bond donors (Lipinski definition) is 0. The molecule has 9 heteroatoms. The molecule has 3 aromatic rings. The largest absolute Gasteiger partial charge is 0.366 e. The number of piperazine rings is 1. The second-order valence-corrected chi connectivity index (χ2v) is 6.54. The number of tetrazole rings is 1. The van der Waals surface area contributed by atoms with Gasteiger partial charge < -0.3 is 9.80 Å². The van der Waals surface area contributed by atoms with Crippen LogP contribution in [-0.4, -0.2) is 57.2 Å². The number of nitrogens with zero attached hydrogens (tertiary/aromatic N) is 6. The van der Waals surface area contributed by atoms with Crippen molar-refractivity contribution < 1.29 is 9.18 Å². The molecule has 1 saturated heterocycles. The quantitative estimate of drug-likeness (QED) is 0.715. The molecule has 0 bridgehead atoms. The van der Waals surface area contributed by atoms with Crippen molar-refractivity contribution in [3.05, 3.63) is 52.7 Å². The van der Waals surface area contributed by atoms with Gasteiger partial charge in [-0.25, -0.2) is 4.39 Å². The van der Waals surface area contributed by atoms with Gasteiger partial charge in [-0.1, -0.05) is 12.1 Å². The van der Waals surface area contributed by atoms with Crippen LogP contribution in [0.3, 0.4) is 0 Å². The summed E-state index contributed by atoms with van der Waals surface area (Å²) in [6.45, 7) is 2.27. The number of para-hydroxylation sites is 1. The molecule has 4 rings (SSSR count). The minimum Gasteiger partial charge on any atom is -0.366 e. The molecular weight excluding hydrogens is 343 g/mol. The Morgan fingerprint density at radius 3 is 2.60 bits per heavy atom. The van der Waals surface area contributed by atoms with Gasteiger partial charge in [0, 0.05) is 26.2 Å². The molecule has 1 aromatic carbocycles. The average molecular weight is 358 g/mol. The first-order valence-electron chi connectivity index (χ1n) is 7.83. The molecule has 0 N–H and O–H groups in total. The van der Waals surface area contributed by atoms with Crippen molar-refractivity contribution >= 4 is 22.9 Å². The molecule has 1 aliphatic heterocycles. The lowest BCUT2D eigenvalue weighted by molar-refractivity contribution is 0.0751. The molecule has 1 aliphatic rings. The minimum atomic E-state index is -0.235. The second-order valence-electron chi connectivity index (χ2n) is 5.62. The monoisotopic (exact) mass is 358 g/mol. The molecule has 0 saturated carbocycles. The lowest BCUT2D eigenvalue weighted by Gasteiger charge is -2.36. The summed E-state index contributed by atoms with van der Waals surface area (Å²) in [5.74, 6) is -0.282. The van der Waals surface area contributed by atoms with Crippen LogP contribution in [0, 0.1) is 5.82 Å². The highest BCUT2D eigenvalue weighted by Gasteiger charge is 2.26. The van der Waals surface area contributed by atoms with E-state index in [-0.39, 0.29) is 11.7 Å². The average Bonchev–Trinajstić information content (AvgIpc) is 3.33. The molecule has 0 radical (unpaired) electrons. The maximum absolute atomic E-state index is 13.9. The molecular formula is C16H15FN6OS. The van der Waals surface area contributed by atoms with Gasteiger partial charge in [0.15, 0.2) is 0 Å². The summed E-state index contributed by atoms with van der Waals surface area (Å²) in [5, 5.41) is 12.9. The molecule has 7 nitrogen and oxygen atoms in total. The van der Waals surface area contributed by atoms with Crippen LogP contribution in [0.1, 0.15) is 9.67 Å². The van der Waals surface area contributed by atoms with Crippen LogP contribution in [0.5, 0.6) is 0 Å². The van der Waals surface area contributed by atoms with E-state index < -0.39 is 0 Å². The molecule has 0 aliphatic carbocycles. The van der Waals surface area contributed by atoms with Crippen LogP contribution in [-0.2, 0) is 0 Å². The number of thiophene rings is 1. The van der Waals surface area contributed by atoms with Crippen LogP contribution < -0.4 is 4.90 Å². The summed E-state index contributed by atoms with van der Waals surface area (Å²) < 4.78 is 15.4. The Balaban J connectivity index is 1.48. The van der Waals surface area contributed by atoms with Crippen LogP contribution in [0.4, 0.5) is 10.1 Å². The predicted molar refractivity (Wildman–Crippen MR) is 91.5 cm³/mol. The van der Waals surface area contributed by atoms with E-state index in [9.17, 15) is 9.18 Å². The number of benzene rings is 1. The fourth-order valence-electron chi connectivity index (χ4n) is 2.92. The Morgan fingerprint density at radius 2 is 1.88 bits per heavy atom. The number of rotatable bonds is 3. The summed E-state index contributed by atoms with van der Waals surface area (Å²) in [4.78, 5) is 17.2. The van der Waals surface area contributed by atoms with Crippen LogP contribution >= 0.6 is 11.3 Å². The SMILES string of the molecule is O=C(c1sccc1-n1cnnn1)N1CCN(c2ccccc2F)CC1. The van der Waals surface area contributed by atoms with E-state index in [2.05, 4.69) is 15.5 Å². The van der Waals surface area contributed by atoms with Crippen molar-refractivity contribution in [3.8, 4) is 5.69 Å². The van der Waals surface area contributed by atoms with Crippen molar-refractivity contribution in [1.29, 1.82) is 0 Å². The molecule has 0 atom stereocenters. The smallest absolute Gasteiger partial charge is 0.266 e. The maximum atomic E-state index is 13.9. The number of aromatic nitrogens is 4. The van der Waals surface area contributed by atoms with Crippen LogP contribution in [0.15, 0.2) is 42.0 Å². The lowest BCUT2D eigenvalue weighted by Crippen LogP contribution is -2.49. The lowest BCUT2D eigenvalue weighted by atomic mass is 10.2. The molecule has 128 valence electrons. The van der Waals surface area contributed by atoms with Crippen molar-refractivity contribution in [3.63, 3.8) is 0 Å². The Kier molecular flexibility index (Phi) is 4.14. The third-order valence-electron chi connectivity index (χ3n) is 4.19. The number of carbonyl (C=O) groups excluding carboxylic acids is 1. The van der Waals surface area contributed by atoms with Crippen LogP contribution in [0.25, 0.3) is 5.69 Å². The zero-order valence-corrected chi connectivity index (χ0v) is 14.1. The number of halogens is 1. The summed E-state index contributed by atoms with van der Waals surface area (Å²) in [6, 6.07) is 8.54. The van der Waals surface area contributed by atoms with Crippen molar-refractivity contribution in [2.75, 3.05) is 31.1 Å². The van der Waals surface area contributed by atoms with Crippen molar-refractivity contribution in [2.45, 2.75) is 0 Å². The van der Waals surface area contributed by atoms with Gasteiger partial charge in [-0.2, -0.15) is 4.68 Å². The number of hydrogen-bond acceptors (Lipinski definition) is 6. The minimum absolute atomic E-state index is 0.0475. The summed E-state index contributed by atoms with van der Waals surface area (Å²) >= 11 is 1.37. The highest BCUT2D eigenvalue weighted by atomic mass is 32.1. The molecule has 1 fully saturated rings. The second kappa shape index (κ2) is 6.60. The molecule has 2 aromatic heterocycles. The molecule has 0 spiro atoms. The standard InChI is InChI=1S/C16H15FN6OS/c17-12-3-1-2-4-13(12)21-6-8-22(9-7-21)16(24)15-14(5-10-25-15)23-11-18-19-20-23/h1-5,10-11H,6-9H2. The number of carbonyl (C=O) groups is 1. The molecule has 3 heterocycles. The van der Waals surface area contributed by atoms with Gasteiger partial charge in [0.25, 0.3) is 5.91 Å². The topological polar surface area (TPSA) is 67.2 Å². The first-order chi connectivity index (χ1) is 12.2. The van der Waals surface area contributed by atoms with Gasteiger partial charge in [-0.3, -0.25) is 4.79 Å². The van der Waals surface area contributed by atoms with Crippen LogP contribution in [0.2, 0.25) is 0 Å². The third-order valence-corrected chi connectivity index (χ3v) is 5.09. The number of amides is 1. The first kappa shape index (κ1) is 15.7. The van der Waals surface area contributed by atoms with Gasteiger partial charge in [-0.15, -0.1) is 16.4 Å². The van der Waals surface area contributed by atoms with Crippen molar-refractivity contribution in [1.82, 2.24) is 25.1 Å². The fourth-order valence-corrected chi connectivity index (χ4v) is 3.76. The molecule has 0 unspecified atom stereocenters. The molecule has 1 amide bonds. The summed E-state index contributed by atoms with van der Waals surface area (Å²) in [6.07, 6.45) is 1.47. The summed E-state index contributed by atoms with van der Waals surface area (Å²) in [5.41, 5.74) is 1.26. The van der Waals surface area contributed by atoms with E-state index in [1.165, 1.54) is 28.4 Å². The normalized spacial score (nSPS) is 14.8. The Hall–Kier alpha value is -2.81. The predicted octanol–water partition coefficient (Wildman–Crippen LogP) is 1.83. The van der Waals surface area contributed by atoms with E-state index >= 15 is 0 Å². The molecule has 25 heavy (non-hydrogen) atoms. The van der Waals surface area contributed by atoms with E-state index in [4.69, 9.17) is 0 Å². The van der Waals surface area contributed by atoms with Gasteiger partial charge in [0.05, 0.1) is 11.4 Å². The third kappa shape index (κ3) is 2.98. The van der Waals surface area contributed by atoms with Gasteiger partial charge in [0.2, 0.25) is 0 Å². The van der Waals surface area contributed by atoms with E-state index in [0.29, 0.717) is 42.4 Å².